The van der Waals surface area contributed by atoms with E-state index in [9.17, 15) is 8.42 Å². The third kappa shape index (κ3) is 3.48. The minimum atomic E-state index is -3.83. The van der Waals surface area contributed by atoms with Crippen molar-refractivity contribution in [2.75, 3.05) is 18.6 Å². The molecule has 160 valence electrons. The van der Waals surface area contributed by atoms with Crippen molar-refractivity contribution in [1.29, 1.82) is 0 Å². The van der Waals surface area contributed by atoms with Crippen LogP contribution >= 0.6 is 0 Å². The molecular formula is C20H24BNO7S. The predicted molar refractivity (Wildman–Crippen MR) is 112 cm³/mol. The van der Waals surface area contributed by atoms with Crippen LogP contribution in [-0.4, -0.2) is 40.6 Å². The van der Waals surface area contributed by atoms with Gasteiger partial charge in [-0.05, 0) is 58.0 Å². The number of benzene rings is 2. The van der Waals surface area contributed by atoms with E-state index in [0.29, 0.717) is 22.7 Å². The van der Waals surface area contributed by atoms with Gasteiger partial charge < -0.3 is 23.5 Å². The number of methoxy groups -OCH3 is 1. The summed E-state index contributed by atoms with van der Waals surface area (Å²) >= 11 is 0. The highest BCUT2D eigenvalue weighted by Crippen LogP contribution is 2.42. The third-order valence-electron chi connectivity index (χ3n) is 5.67. The van der Waals surface area contributed by atoms with E-state index in [-0.39, 0.29) is 17.4 Å². The summed E-state index contributed by atoms with van der Waals surface area (Å²) < 4.78 is 56.7. The van der Waals surface area contributed by atoms with Crippen LogP contribution in [0.5, 0.6) is 17.2 Å². The van der Waals surface area contributed by atoms with Crippen molar-refractivity contribution in [3.8, 4) is 17.2 Å². The number of sulfonamides is 1. The maximum atomic E-state index is 12.8. The molecule has 0 aliphatic carbocycles. The molecule has 0 spiro atoms. The van der Waals surface area contributed by atoms with Crippen LogP contribution in [-0.2, 0) is 19.3 Å². The number of anilines is 1. The molecule has 10 heteroatoms. The quantitative estimate of drug-likeness (QED) is 0.725. The summed E-state index contributed by atoms with van der Waals surface area (Å²) in [5.74, 6) is 1.28. The minimum Gasteiger partial charge on any atom is -0.497 e. The SMILES string of the molecule is COc1ccc(S(=O)(=O)Nc2ccc(B3OC(C)(C)C(C)(C)O3)c3c2OCO3)cc1. The molecular weight excluding hydrogens is 409 g/mol. The van der Waals surface area contributed by atoms with E-state index in [4.69, 9.17) is 23.5 Å². The molecule has 2 aromatic rings. The molecule has 2 heterocycles. The minimum absolute atomic E-state index is 0.0247. The molecule has 1 N–H and O–H groups in total. The van der Waals surface area contributed by atoms with E-state index >= 15 is 0 Å². The van der Waals surface area contributed by atoms with Crippen LogP contribution in [0.15, 0.2) is 41.3 Å². The molecule has 0 saturated carbocycles. The lowest BCUT2D eigenvalue weighted by Gasteiger charge is -2.32. The van der Waals surface area contributed by atoms with Gasteiger partial charge in [0.2, 0.25) is 6.79 Å². The van der Waals surface area contributed by atoms with Gasteiger partial charge in [0.15, 0.2) is 11.5 Å². The van der Waals surface area contributed by atoms with Gasteiger partial charge in [-0.25, -0.2) is 8.42 Å². The van der Waals surface area contributed by atoms with Gasteiger partial charge in [0.05, 0.1) is 28.9 Å². The zero-order valence-electron chi connectivity index (χ0n) is 17.5. The Balaban J connectivity index is 1.64. The van der Waals surface area contributed by atoms with Gasteiger partial charge in [-0.3, -0.25) is 4.72 Å². The van der Waals surface area contributed by atoms with Crippen LogP contribution in [0.1, 0.15) is 27.7 Å². The second-order valence-electron chi connectivity index (χ2n) is 8.14. The lowest BCUT2D eigenvalue weighted by Crippen LogP contribution is -2.41. The van der Waals surface area contributed by atoms with Crippen LogP contribution in [0.4, 0.5) is 5.69 Å². The van der Waals surface area contributed by atoms with Crippen molar-refractivity contribution in [1.82, 2.24) is 0 Å². The maximum absolute atomic E-state index is 12.8. The van der Waals surface area contributed by atoms with Crippen molar-refractivity contribution >= 4 is 28.3 Å². The summed E-state index contributed by atoms with van der Waals surface area (Å²) in [6, 6.07) is 9.45. The topological polar surface area (TPSA) is 92.3 Å². The Labute approximate surface area is 176 Å². The highest BCUT2D eigenvalue weighted by molar-refractivity contribution is 7.92. The summed E-state index contributed by atoms with van der Waals surface area (Å²) in [6.07, 6.45) is 0. The first-order valence-corrected chi connectivity index (χ1v) is 11.0. The van der Waals surface area contributed by atoms with Crippen molar-refractivity contribution in [3.63, 3.8) is 0 Å². The highest BCUT2D eigenvalue weighted by Gasteiger charge is 2.53. The van der Waals surface area contributed by atoms with Crippen LogP contribution in [0, 0.1) is 0 Å². The molecule has 0 radical (unpaired) electrons. The largest absolute Gasteiger partial charge is 0.498 e. The van der Waals surface area contributed by atoms with E-state index in [2.05, 4.69) is 4.72 Å². The third-order valence-corrected chi connectivity index (χ3v) is 7.05. The smallest absolute Gasteiger partial charge is 0.497 e. The van der Waals surface area contributed by atoms with Gasteiger partial charge in [-0.2, -0.15) is 0 Å². The van der Waals surface area contributed by atoms with Gasteiger partial charge in [0, 0.05) is 5.46 Å². The molecule has 0 unspecified atom stereocenters. The summed E-state index contributed by atoms with van der Waals surface area (Å²) in [4.78, 5) is 0.103. The Bertz CT molecular complexity index is 1050. The van der Waals surface area contributed by atoms with Crippen molar-refractivity contribution in [2.45, 2.75) is 43.8 Å². The fraction of sp³-hybridized carbons (Fsp3) is 0.400. The van der Waals surface area contributed by atoms with E-state index in [1.165, 1.54) is 19.2 Å². The van der Waals surface area contributed by atoms with Gasteiger partial charge in [0.25, 0.3) is 10.0 Å². The summed E-state index contributed by atoms with van der Waals surface area (Å²) in [7, 11) is -2.97. The summed E-state index contributed by atoms with van der Waals surface area (Å²) in [6.45, 7) is 7.82. The fourth-order valence-corrected chi connectivity index (χ4v) is 4.27. The first-order valence-electron chi connectivity index (χ1n) is 9.49. The Morgan fingerprint density at radius 2 is 1.53 bits per heavy atom. The maximum Gasteiger partial charge on any atom is 0.498 e. The molecule has 4 rings (SSSR count). The van der Waals surface area contributed by atoms with Gasteiger partial charge >= 0.3 is 7.12 Å². The number of nitrogens with one attached hydrogen (secondary N) is 1. The van der Waals surface area contributed by atoms with Crippen LogP contribution in [0.2, 0.25) is 0 Å². The standard InChI is InChI=1S/C20H24BNO7S/c1-19(2)20(3,4)29-21(28-19)15-10-11-16(18-17(15)26-12-27-18)22-30(23,24)14-8-6-13(25-5)7-9-14/h6-11,22H,12H2,1-5H3. The second kappa shape index (κ2) is 7.07. The summed E-state index contributed by atoms with van der Waals surface area (Å²) in [5, 5.41) is 0. The number of ether oxygens (including phenoxy) is 3. The molecule has 2 aliphatic rings. The molecule has 0 bridgehead atoms. The molecule has 1 saturated heterocycles. The van der Waals surface area contributed by atoms with Crippen molar-refractivity contribution in [2.24, 2.45) is 0 Å². The number of hydrogen-bond donors (Lipinski definition) is 1. The number of fused-ring (bicyclic) bond motifs is 1. The zero-order chi connectivity index (χ0) is 21.7. The lowest BCUT2D eigenvalue weighted by atomic mass is 9.78. The van der Waals surface area contributed by atoms with E-state index < -0.39 is 28.3 Å². The number of hydrogen-bond acceptors (Lipinski definition) is 7. The van der Waals surface area contributed by atoms with Crippen LogP contribution < -0.4 is 24.4 Å². The monoisotopic (exact) mass is 433 g/mol. The highest BCUT2D eigenvalue weighted by atomic mass is 32.2. The zero-order valence-corrected chi connectivity index (χ0v) is 18.3. The Kier molecular flexibility index (Phi) is 4.91. The van der Waals surface area contributed by atoms with Gasteiger partial charge in [-0.1, -0.05) is 6.07 Å². The van der Waals surface area contributed by atoms with Crippen molar-refractivity contribution in [3.05, 3.63) is 36.4 Å². The number of rotatable bonds is 5. The first-order chi connectivity index (χ1) is 14.0. The Hall–Kier alpha value is -2.43. The van der Waals surface area contributed by atoms with Gasteiger partial charge in [-0.15, -0.1) is 0 Å². The first kappa shape index (κ1) is 20.8. The van der Waals surface area contributed by atoms with Gasteiger partial charge in [0.1, 0.15) is 5.75 Å². The van der Waals surface area contributed by atoms with Crippen molar-refractivity contribution < 1.29 is 31.9 Å². The molecule has 2 aliphatic heterocycles. The Morgan fingerprint density at radius 1 is 0.933 bits per heavy atom. The Morgan fingerprint density at radius 3 is 2.13 bits per heavy atom. The average Bonchev–Trinajstić information content (AvgIpc) is 3.24. The molecule has 1 fully saturated rings. The molecule has 2 aromatic carbocycles. The van der Waals surface area contributed by atoms with E-state index in [0.717, 1.165) is 0 Å². The molecule has 0 aromatic heterocycles. The second-order valence-corrected chi connectivity index (χ2v) is 9.82. The fourth-order valence-electron chi connectivity index (χ4n) is 3.21. The average molecular weight is 433 g/mol. The van der Waals surface area contributed by atoms with E-state index in [1.807, 2.05) is 27.7 Å². The molecule has 0 atom stereocenters. The van der Waals surface area contributed by atoms with Crippen LogP contribution in [0.25, 0.3) is 0 Å². The molecule has 0 amide bonds. The lowest BCUT2D eigenvalue weighted by molar-refractivity contribution is 0.00578. The predicted octanol–water partition coefficient (Wildman–Crippen LogP) is 2.52. The normalized spacial score (nSPS) is 19.0. The molecule has 8 nitrogen and oxygen atoms in total. The van der Waals surface area contributed by atoms with Crippen LogP contribution in [0.3, 0.4) is 0 Å². The molecule has 30 heavy (non-hydrogen) atoms. The summed E-state index contributed by atoms with van der Waals surface area (Å²) in [5.41, 5.74) is -0.107. The van der Waals surface area contributed by atoms with E-state index in [1.54, 1.807) is 24.3 Å².